The molecule has 0 unspecified atom stereocenters. The van der Waals surface area contributed by atoms with Crippen molar-refractivity contribution in [3.63, 3.8) is 0 Å². The minimum absolute atomic E-state index is 0.0690. The summed E-state index contributed by atoms with van der Waals surface area (Å²) in [5.74, 6) is -5.22. The van der Waals surface area contributed by atoms with Gasteiger partial charge in [0.2, 0.25) is 41.4 Å². The van der Waals surface area contributed by atoms with Gasteiger partial charge in [-0.3, -0.25) is 79.1 Å². The number of hydrogen-bond donors (Lipinski definition) is 11. The lowest BCUT2D eigenvalue weighted by Gasteiger charge is -2.26. The molecule has 17 rings (SSSR count). The molecule has 29 heteroatoms. The van der Waals surface area contributed by atoms with E-state index in [-0.39, 0.29) is 61.6 Å². The molecule has 5 fully saturated rings. The summed E-state index contributed by atoms with van der Waals surface area (Å²) < 4.78 is 44.2. The minimum atomic E-state index is -1.13. The number of rotatable bonds is 28. The van der Waals surface area contributed by atoms with Gasteiger partial charge in [-0.1, -0.05) is 135 Å². The first-order valence-electron chi connectivity index (χ1n) is 43.5. The molecule has 8 atom stereocenters. The van der Waals surface area contributed by atoms with Gasteiger partial charge in [-0.25, -0.2) is 26.3 Å². The Balaban J connectivity index is 0.000000140. The van der Waals surface area contributed by atoms with Gasteiger partial charge < -0.3 is 40.1 Å². The van der Waals surface area contributed by atoms with E-state index in [4.69, 9.17) is 45.0 Å². The zero-order valence-corrected chi connectivity index (χ0v) is 73.5. The third kappa shape index (κ3) is 20.3. The Kier molecular flexibility index (Phi) is 28.3. The predicted octanol–water partition coefficient (Wildman–Crippen LogP) is 14.4. The number of para-hydroxylation sites is 4. The van der Waals surface area contributed by atoms with E-state index in [2.05, 4.69) is 30.6 Å². The van der Waals surface area contributed by atoms with Gasteiger partial charge in [-0.15, -0.1) is 0 Å². The fourth-order valence-corrected chi connectivity index (χ4v) is 18.0. The fourth-order valence-electron chi connectivity index (χ4n) is 18.0. The van der Waals surface area contributed by atoms with E-state index in [0.717, 1.165) is 120 Å². The molecule has 8 aromatic carbocycles. The molecule has 5 aliphatic carbocycles. The molecule has 28 nitrogen and oxygen atoms in total. The summed E-state index contributed by atoms with van der Waals surface area (Å²) in [7, 11) is 0. The maximum absolute atomic E-state index is 14.7. The number of hydrogen-bond acceptors (Lipinski definition) is 21. The van der Waals surface area contributed by atoms with Crippen LogP contribution in [0.1, 0.15) is 153 Å². The minimum Gasteiger partial charge on any atom is -0.489 e. The van der Waals surface area contributed by atoms with Crippen molar-refractivity contribution < 1.29 is 87.3 Å². The Labute approximate surface area is 750 Å². The summed E-state index contributed by atoms with van der Waals surface area (Å²) in [4.78, 5) is 118. The average Bonchev–Trinajstić information content (AvgIpc) is 1.56. The van der Waals surface area contributed by atoms with Crippen LogP contribution in [0.25, 0.3) is 43.6 Å². The van der Waals surface area contributed by atoms with Crippen LogP contribution >= 0.6 is 0 Å². The van der Waals surface area contributed by atoms with Gasteiger partial charge in [0.25, 0.3) is 0 Å². The van der Waals surface area contributed by atoms with Crippen LogP contribution in [0, 0.1) is 62.6 Å². The standard InChI is InChI=1S/C28H31N3O4.C25H27N3O4.C25H26N2O5.C23H22FN3O4/c1-18-14-19(23-12-5-6-13-25(23)29-18)17-35-22-11-7-8-20(15-22)28(16-24(28)26(32)31-34)27(33)30-21-9-3-2-4-10-21;1-15(2)26-24(30)25(13-21(25)23(29)28-31)18-7-6-8-19(12-18)32-14-17-11-16(3)27-22-10-5-4-9-20(17)22;1-15(2)32-24(29)25(13-21(25)23(28)27-30)18-7-6-8-19(12-18)31-14-17-11-16(3)26-22-10-5-4-9-20(17)22;1-13-8-15(16-4-2-3-5-19(16)26-13)12-31-20-7-6-14(9-18(20)24)10-23(22(25)29)11-17(23)21(28)27-30/h5-8,11-15,21,24,34H,2-4,9-10,16-17H2,1H3,(H,30,33)(H,31,32);4-12,15,21,31H,13-14H2,1-3H3,(H,26,30)(H,28,29);4-12,15,21,30H,13-14H2,1-3H3,(H,27,28);2-9,17,30H,10-12H2,1H3,(H2,25,29)(H,27,28)/t24-,28-;2*21-,25-;17-,23+/m0001/s1. The summed E-state index contributed by atoms with van der Waals surface area (Å²) in [6.07, 6.45) is 6.26. The molecule has 5 saturated carbocycles. The van der Waals surface area contributed by atoms with Gasteiger partial charge >= 0.3 is 5.97 Å². The van der Waals surface area contributed by atoms with Crippen molar-refractivity contribution in [3.8, 4) is 23.0 Å². The monoisotopic (exact) mass is 1760 g/mol. The maximum Gasteiger partial charge on any atom is 0.317 e. The molecule has 7 amide bonds. The van der Waals surface area contributed by atoms with E-state index in [1.165, 1.54) is 18.6 Å². The number of benzene rings is 8. The number of halogens is 1. The lowest BCUT2D eigenvalue weighted by Crippen LogP contribution is -2.44. The summed E-state index contributed by atoms with van der Waals surface area (Å²) in [5.41, 5.74) is 21.6. The summed E-state index contributed by atoms with van der Waals surface area (Å²) in [5, 5.41) is 46.4. The lowest BCUT2D eigenvalue weighted by molar-refractivity contribution is -0.152. The van der Waals surface area contributed by atoms with Crippen molar-refractivity contribution in [2.75, 3.05) is 0 Å². The molecule has 12 N–H and O–H groups in total. The molecular weight excluding hydrogens is 1660 g/mol. The first-order valence-corrected chi connectivity index (χ1v) is 43.5. The molecule has 674 valence electrons. The highest BCUT2D eigenvalue weighted by molar-refractivity contribution is 6.02. The van der Waals surface area contributed by atoms with E-state index in [1.807, 2.05) is 211 Å². The molecule has 0 spiro atoms. The average molecular weight is 1770 g/mol. The number of esters is 1. The van der Waals surface area contributed by atoms with Crippen LogP contribution in [0.5, 0.6) is 23.0 Å². The van der Waals surface area contributed by atoms with Crippen molar-refractivity contribution in [2.24, 2.45) is 34.8 Å². The Hall–Kier alpha value is -13.9. The number of nitrogens with two attached hydrogens (primary N) is 1. The number of aromatic nitrogens is 4. The quantitative estimate of drug-likeness (QED) is 0.0123. The molecule has 5 aliphatic rings. The van der Waals surface area contributed by atoms with Crippen LogP contribution in [0.3, 0.4) is 0 Å². The van der Waals surface area contributed by atoms with Crippen molar-refractivity contribution in [3.05, 3.63) is 285 Å². The largest absolute Gasteiger partial charge is 0.489 e. The maximum atomic E-state index is 14.7. The number of amides is 7. The number of hydroxylamine groups is 4. The molecule has 130 heavy (non-hydrogen) atoms. The molecule has 4 aromatic heterocycles. The number of aryl methyl sites for hydroxylation is 4. The van der Waals surface area contributed by atoms with E-state index < -0.39 is 86.7 Å². The summed E-state index contributed by atoms with van der Waals surface area (Å²) >= 11 is 0. The normalized spacial score (nSPS) is 20.3. The lowest BCUT2D eigenvalue weighted by atomic mass is 9.89. The van der Waals surface area contributed by atoms with Crippen LogP contribution in [0.4, 0.5) is 4.39 Å². The third-order valence-electron chi connectivity index (χ3n) is 24.9. The topological polar surface area (TPSA) is 413 Å². The number of nitrogens with one attached hydrogen (secondary N) is 6. The molecule has 0 bridgehead atoms. The smallest absolute Gasteiger partial charge is 0.317 e. The number of primary amides is 1. The van der Waals surface area contributed by atoms with Crippen LogP contribution in [-0.2, 0) is 92.2 Å². The molecule has 0 radical (unpaired) electrons. The van der Waals surface area contributed by atoms with E-state index in [0.29, 0.717) is 66.6 Å². The van der Waals surface area contributed by atoms with Crippen molar-refractivity contribution in [1.82, 2.24) is 52.5 Å². The van der Waals surface area contributed by atoms with Crippen molar-refractivity contribution in [1.29, 1.82) is 0 Å². The van der Waals surface area contributed by atoms with Gasteiger partial charge in [-0.2, -0.15) is 0 Å². The van der Waals surface area contributed by atoms with Crippen LogP contribution in [0.15, 0.2) is 212 Å². The Morgan fingerprint density at radius 1 is 0.423 bits per heavy atom. The predicted molar refractivity (Wildman–Crippen MR) is 481 cm³/mol. The molecular formula is C101H106FN11O17. The van der Waals surface area contributed by atoms with Crippen LogP contribution in [0.2, 0.25) is 0 Å². The van der Waals surface area contributed by atoms with Gasteiger partial charge in [0, 0.05) is 78.7 Å². The highest BCUT2D eigenvalue weighted by Gasteiger charge is 2.68. The number of carbonyl (C=O) groups excluding carboxylic acids is 8. The number of fused-ring (bicyclic) bond motifs is 4. The van der Waals surface area contributed by atoms with Gasteiger partial charge in [0.05, 0.1) is 68.1 Å². The first-order chi connectivity index (χ1) is 62.5. The Morgan fingerprint density at radius 2 is 0.785 bits per heavy atom. The highest BCUT2D eigenvalue weighted by atomic mass is 19.1. The zero-order valence-electron chi connectivity index (χ0n) is 73.5. The summed E-state index contributed by atoms with van der Waals surface area (Å²) in [6.45, 7) is 16.2. The fraction of sp³-hybridized carbons (Fsp3) is 0.327. The second kappa shape index (κ2) is 39.8. The van der Waals surface area contributed by atoms with Crippen LogP contribution in [-0.4, -0.2) is 106 Å². The Morgan fingerprint density at radius 3 is 1.16 bits per heavy atom. The number of nitrogens with zero attached hydrogens (tertiary/aromatic N) is 4. The van der Waals surface area contributed by atoms with Gasteiger partial charge in [0.1, 0.15) is 49.1 Å². The van der Waals surface area contributed by atoms with Crippen molar-refractivity contribution in [2.45, 2.75) is 180 Å². The molecule has 12 aromatic rings. The first kappa shape index (κ1) is 92.3. The molecule has 4 heterocycles. The second-order valence-electron chi connectivity index (χ2n) is 34.7. The second-order valence-corrected chi connectivity index (χ2v) is 34.7. The van der Waals surface area contributed by atoms with Gasteiger partial charge in [-0.05, 0) is 220 Å². The number of pyridine rings is 4. The van der Waals surface area contributed by atoms with Crippen LogP contribution < -0.4 is 57.2 Å². The van der Waals surface area contributed by atoms with Crippen molar-refractivity contribution >= 4 is 90.9 Å². The molecule has 0 aliphatic heterocycles. The van der Waals surface area contributed by atoms with Gasteiger partial charge in [0.15, 0.2) is 11.6 Å². The van der Waals surface area contributed by atoms with E-state index in [9.17, 15) is 48.0 Å². The molecule has 0 saturated heterocycles. The highest BCUT2D eigenvalue weighted by Crippen LogP contribution is 2.59. The zero-order chi connectivity index (χ0) is 92.3. The van der Waals surface area contributed by atoms with E-state index >= 15 is 0 Å². The number of ether oxygens (including phenoxy) is 5. The summed E-state index contributed by atoms with van der Waals surface area (Å²) in [6, 6.07) is 65.7. The third-order valence-corrected chi connectivity index (χ3v) is 24.9. The van der Waals surface area contributed by atoms with E-state index in [1.54, 1.807) is 66.1 Å². The Bertz CT molecular complexity index is 6100. The SMILES string of the molecule is Cc1cc(COc2ccc(C[C@]3(C(N)=O)C[C@@H]3C(=O)NO)cc2F)c2ccccc2n1.Cc1cc(COc2cccc([C@@]3(C(=O)NC(C)C)C[C@H]3C(=O)NO)c2)c2ccccc2n1.Cc1cc(COc2cccc([C@@]3(C(=O)NC4CCCCC4)C[C@H]3C(=O)NO)c2)c2ccccc2n1.Cc1cc(COc2cccc([C@@]3(C(=O)OC(C)C)C[C@H]3C(=O)NO)c2)c2ccccc2n1. The number of carbonyl (C=O) groups is 8.